The fourth-order valence-electron chi connectivity index (χ4n) is 0.945. The van der Waals surface area contributed by atoms with Crippen molar-refractivity contribution in [3.8, 4) is 0 Å². The highest BCUT2D eigenvalue weighted by atomic mass is 79.9. The van der Waals surface area contributed by atoms with Gasteiger partial charge in [-0.25, -0.2) is 4.98 Å². The Morgan fingerprint density at radius 1 is 1.13 bits per heavy atom. The smallest absolute Gasteiger partial charge is 0.206 e. The van der Waals surface area contributed by atoms with Crippen LogP contribution in [0, 0.1) is 0 Å². The van der Waals surface area contributed by atoms with Crippen LogP contribution in [0.2, 0.25) is 0 Å². The van der Waals surface area contributed by atoms with Gasteiger partial charge in [0.15, 0.2) is 0 Å². The number of pyridine rings is 1. The zero-order chi connectivity index (χ0) is 11.4. The molecule has 0 aliphatic rings. The number of nitrogens with zero attached hydrogens (tertiary/aromatic N) is 1. The molecule has 0 amide bonds. The lowest BCUT2D eigenvalue weighted by Gasteiger charge is -2.02. The molecule has 80 valence electrons. The zero-order valence-electron chi connectivity index (χ0n) is 7.61. The number of rotatable bonds is 4. The number of carbonyl (C=O) groups is 2. The predicted octanol–water partition coefficient (Wildman–Crippen LogP) is 0.194. The summed E-state index contributed by atoms with van der Waals surface area (Å²) in [5.41, 5.74) is -0.0210. The van der Waals surface area contributed by atoms with Gasteiger partial charge in [-0.2, -0.15) is 0 Å². The van der Waals surface area contributed by atoms with Gasteiger partial charge in [0.05, 0.1) is 0 Å². The van der Waals surface area contributed by atoms with Crippen LogP contribution in [0.15, 0.2) is 16.6 Å². The van der Waals surface area contributed by atoms with Gasteiger partial charge in [0.2, 0.25) is 11.6 Å². The number of aliphatic hydroxyl groups is 2. The molecule has 0 aromatic carbocycles. The number of ketones is 2. The molecule has 0 atom stereocenters. The average molecular weight is 274 g/mol. The van der Waals surface area contributed by atoms with Gasteiger partial charge in [0.1, 0.15) is 24.6 Å². The van der Waals surface area contributed by atoms with Crippen LogP contribution in [0.4, 0.5) is 0 Å². The molecule has 0 aliphatic heterocycles. The van der Waals surface area contributed by atoms with Gasteiger partial charge in [-0.15, -0.1) is 0 Å². The maximum absolute atomic E-state index is 11.1. The molecular formula is C9H8BrNO4. The second kappa shape index (κ2) is 5.11. The third-order valence-corrected chi connectivity index (χ3v) is 2.11. The number of carbonyl (C=O) groups excluding carboxylic acids is 2. The quantitative estimate of drug-likeness (QED) is 0.765. The van der Waals surface area contributed by atoms with Gasteiger partial charge in [-0.3, -0.25) is 9.59 Å². The Balaban J connectivity index is 3.16. The number of aliphatic hydroxyl groups excluding tert-OH is 2. The largest absolute Gasteiger partial charge is 0.388 e. The molecule has 0 unspecified atom stereocenters. The topological polar surface area (TPSA) is 87.5 Å². The highest BCUT2D eigenvalue weighted by molar-refractivity contribution is 9.10. The van der Waals surface area contributed by atoms with Gasteiger partial charge in [0, 0.05) is 4.47 Å². The predicted molar refractivity (Wildman–Crippen MR) is 54.8 cm³/mol. The van der Waals surface area contributed by atoms with E-state index in [0.717, 1.165) is 0 Å². The van der Waals surface area contributed by atoms with E-state index in [2.05, 4.69) is 20.9 Å². The lowest BCUT2D eigenvalue weighted by atomic mass is 10.2. The first-order valence-electron chi connectivity index (χ1n) is 4.04. The molecule has 0 radical (unpaired) electrons. The molecular weight excluding hydrogens is 266 g/mol. The molecule has 0 saturated carbocycles. The molecule has 0 aliphatic carbocycles. The maximum atomic E-state index is 11.1. The number of hydrogen-bond acceptors (Lipinski definition) is 5. The van der Waals surface area contributed by atoms with Crippen LogP contribution in [-0.4, -0.2) is 40.0 Å². The Kier molecular flexibility index (Phi) is 4.07. The molecule has 1 aromatic heterocycles. The minimum absolute atomic E-state index is 0.0105. The van der Waals surface area contributed by atoms with Crippen molar-refractivity contribution in [1.82, 2.24) is 4.98 Å². The number of Topliss-reactive ketones (excluding diaryl/α,β-unsaturated/α-hetero) is 2. The van der Waals surface area contributed by atoms with E-state index in [1.165, 1.54) is 12.1 Å². The lowest BCUT2D eigenvalue weighted by Crippen LogP contribution is -2.13. The SMILES string of the molecule is O=C(CO)c1cc(Br)cc(C(=O)CO)n1. The zero-order valence-corrected chi connectivity index (χ0v) is 9.19. The summed E-state index contributed by atoms with van der Waals surface area (Å²) < 4.78 is 0.492. The summed E-state index contributed by atoms with van der Waals surface area (Å²) in [6.07, 6.45) is 0. The lowest BCUT2D eigenvalue weighted by molar-refractivity contribution is 0.0891. The van der Waals surface area contributed by atoms with Gasteiger partial charge in [-0.05, 0) is 12.1 Å². The molecule has 0 fully saturated rings. The third kappa shape index (κ3) is 2.92. The van der Waals surface area contributed by atoms with E-state index >= 15 is 0 Å². The molecule has 0 bridgehead atoms. The Morgan fingerprint density at radius 2 is 1.53 bits per heavy atom. The van der Waals surface area contributed by atoms with E-state index < -0.39 is 24.8 Å². The fourth-order valence-corrected chi connectivity index (χ4v) is 1.38. The summed E-state index contributed by atoms with van der Waals surface area (Å²) in [5.74, 6) is -1.16. The summed E-state index contributed by atoms with van der Waals surface area (Å²) in [5, 5.41) is 17.3. The molecule has 2 N–H and O–H groups in total. The van der Waals surface area contributed by atoms with Gasteiger partial charge >= 0.3 is 0 Å². The second-order valence-corrected chi connectivity index (χ2v) is 3.63. The fraction of sp³-hybridized carbons (Fsp3) is 0.222. The minimum Gasteiger partial charge on any atom is -0.388 e. The minimum atomic E-state index is -0.670. The highest BCUT2D eigenvalue weighted by Gasteiger charge is 2.12. The van der Waals surface area contributed by atoms with Crippen molar-refractivity contribution in [2.75, 3.05) is 13.2 Å². The van der Waals surface area contributed by atoms with Crippen LogP contribution in [0.5, 0.6) is 0 Å². The first kappa shape index (κ1) is 12.0. The summed E-state index contributed by atoms with van der Waals surface area (Å²) in [4.78, 5) is 26.0. The first-order chi connectivity index (χ1) is 7.08. The van der Waals surface area contributed by atoms with E-state index in [-0.39, 0.29) is 11.4 Å². The van der Waals surface area contributed by atoms with Crippen LogP contribution in [0.1, 0.15) is 21.0 Å². The van der Waals surface area contributed by atoms with Gasteiger partial charge < -0.3 is 10.2 Å². The van der Waals surface area contributed by atoms with E-state index in [1.807, 2.05) is 0 Å². The van der Waals surface area contributed by atoms with Crippen molar-refractivity contribution in [3.05, 3.63) is 28.0 Å². The third-order valence-electron chi connectivity index (χ3n) is 1.65. The van der Waals surface area contributed by atoms with Crippen molar-refractivity contribution >= 4 is 27.5 Å². The number of hydrogen-bond donors (Lipinski definition) is 2. The van der Waals surface area contributed by atoms with Crippen molar-refractivity contribution in [3.63, 3.8) is 0 Å². The van der Waals surface area contributed by atoms with Crippen molar-refractivity contribution in [1.29, 1.82) is 0 Å². The summed E-state index contributed by atoms with van der Waals surface area (Å²) in [6, 6.07) is 2.79. The summed E-state index contributed by atoms with van der Waals surface area (Å²) >= 11 is 3.10. The summed E-state index contributed by atoms with van der Waals surface area (Å²) in [7, 11) is 0. The van der Waals surface area contributed by atoms with Crippen molar-refractivity contribution in [2.24, 2.45) is 0 Å². The second-order valence-electron chi connectivity index (χ2n) is 2.72. The van der Waals surface area contributed by atoms with Gasteiger partial charge in [-0.1, -0.05) is 15.9 Å². The number of aromatic nitrogens is 1. The monoisotopic (exact) mass is 273 g/mol. The first-order valence-corrected chi connectivity index (χ1v) is 4.83. The molecule has 1 aromatic rings. The maximum Gasteiger partial charge on any atom is 0.206 e. The van der Waals surface area contributed by atoms with Crippen LogP contribution in [-0.2, 0) is 0 Å². The standard InChI is InChI=1S/C9H8BrNO4/c10-5-1-6(8(14)3-12)11-7(2-5)9(15)4-13/h1-2,12-13H,3-4H2. The van der Waals surface area contributed by atoms with E-state index in [1.54, 1.807) is 0 Å². The number of halogens is 1. The summed E-state index contributed by atoms with van der Waals surface area (Å²) in [6.45, 7) is -1.34. The molecule has 1 heterocycles. The highest BCUT2D eigenvalue weighted by Crippen LogP contribution is 2.13. The van der Waals surface area contributed by atoms with Crippen LogP contribution in [0.3, 0.4) is 0 Å². The van der Waals surface area contributed by atoms with Crippen molar-refractivity contribution in [2.45, 2.75) is 0 Å². The molecule has 0 spiro atoms. The molecule has 1 rings (SSSR count). The Hall–Kier alpha value is -1.11. The Morgan fingerprint density at radius 3 is 1.87 bits per heavy atom. The Bertz CT molecular complexity index is 371. The van der Waals surface area contributed by atoms with Gasteiger partial charge in [0.25, 0.3) is 0 Å². The van der Waals surface area contributed by atoms with Crippen LogP contribution in [0.25, 0.3) is 0 Å². The molecule has 15 heavy (non-hydrogen) atoms. The van der Waals surface area contributed by atoms with E-state index in [0.29, 0.717) is 4.47 Å². The molecule has 0 saturated heterocycles. The van der Waals surface area contributed by atoms with E-state index in [9.17, 15) is 9.59 Å². The molecule has 5 nitrogen and oxygen atoms in total. The van der Waals surface area contributed by atoms with Crippen LogP contribution < -0.4 is 0 Å². The normalized spacial score (nSPS) is 10.1. The molecule has 6 heteroatoms. The van der Waals surface area contributed by atoms with Crippen LogP contribution >= 0.6 is 15.9 Å². The van der Waals surface area contributed by atoms with E-state index in [4.69, 9.17) is 10.2 Å². The van der Waals surface area contributed by atoms with Crippen molar-refractivity contribution < 1.29 is 19.8 Å². The Labute approximate surface area is 93.9 Å². The average Bonchev–Trinajstić information content (AvgIpc) is 2.26.